The third kappa shape index (κ3) is 4.13. The highest BCUT2D eigenvalue weighted by Crippen LogP contribution is 2.32. The van der Waals surface area contributed by atoms with Gasteiger partial charge in [-0.2, -0.15) is 0 Å². The van der Waals surface area contributed by atoms with Crippen LogP contribution in [0.1, 0.15) is 25.3 Å². The van der Waals surface area contributed by atoms with Crippen LogP contribution in [0.25, 0.3) is 0 Å². The number of aryl methyl sites for hydroxylation is 1. The fourth-order valence-corrected chi connectivity index (χ4v) is 2.05. The summed E-state index contributed by atoms with van der Waals surface area (Å²) in [6, 6.07) is 5.75. The Morgan fingerprint density at radius 3 is 3.00 bits per heavy atom. The average Bonchev–Trinajstić information content (AvgIpc) is 2.90. The van der Waals surface area contributed by atoms with E-state index in [4.69, 9.17) is 14.6 Å². The minimum absolute atomic E-state index is 0.0347. The SMILES string of the molecule is CC(CCO)CNC(=O)CCc1ccc2c(c1)OCO2. The Hall–Kier alpha value is -1.75. The molecule has 1 aromatic carbocycles. The van der Waals surface area contributed by atoms with E-state index < -0.39 is 0 Å². The minimum atomic E-state index is 0.0347. The lowest BCUT2D eigenvalue weighted by Gasteiger charge is -2.11. The molecular weight excluding hydrogens is 258 g/mol. The molecule has 2 rings (SSSR count). The molecule has 0 radical (unpaired) electrons. The van der Waals surface area contributed by atoms with Crippen molar-refractivity contribution in [2.45, 2.75) is 26.2 Å². The van der Waals surface area contributed by atoms with Crippen molar-refractivity contribution in [2.75, 3.05) is 19.9 Å². The first-order valence-corrected chi connectivity index (χ1v) is 6.95. The lowest BCUT2D eigenvalue weighted by molar-refractivity contribution is -0.121. The number of carbonyl (C=O) groups is 1. The molecule has 1 unspecified atom stereocenters. The van der Waals surface area contributed by atoms with Crippen molar-refractivity contribution in [2.24, 2.45) is 5.92 Å². The molecule has 110 valence electrons. The van der Waals surface area contributed by atoms with Gasteiger partial charge in [-0.15, -0.1) is 0 Å². The normalized spacial score (nSPS) is 14.1. The van der Waals surface area contributed by atoms with E-state index >= 15 is 0 Å². The summed E-state index contributed by atoms with van der Waals surface area (Å²) in [5, 5.41) is 11.7. The van der Waals surface area contributed by atoms with Gasteiger partial charge in [0.2, 0.25) is 12.7 Å². The Morgan fingerprint density at radius 2 is 2.20 bits per heavy atom. The fraction of sp³-hybridized carbons (Fsp3) is 0.533. The maximum absolute atomic E-state index is 11.7. The molecule has 1 aromatic rings. The first kappa shape index (κ1) is 14.7. The molecule has 0 bridgehead atoms. The van der Waals surface area contributed by atoms with Crippen molar-refractivity contribution in [1.82, 2.24) is 5.32 Å². The highest BCUT2D eigenvalue weighted by molar-refractivity contribution is 5.76. The summed E-state index contributed by atoms with van der Waals surface area (Å²) in [6.07, 6.45) is 1.84. The number of nitrogens with one attached hydrogen (secondary N) is 1. The van der Waals surface area contributed by atoms with Crippen LogP contribution in [0.5, 0.6) is 11.5 Å². The van der Waals surface area contributed by atoms with Gasteiger partial charge >= 0.3 is 0 Å². The highest BCUT2D eigenvalue weighted by atomic mass is 16.7. The molecule has 1 heterocycles. The predicted molar refractivity (Wildman–Crippen MR) is 74.8 cm³/mol. The van der Waals surface area contributed by atoms with E-state index in [0.717, 1.165) is 17.1 Å². The van der Waals surface area contributed by atoms with E-state index in [9.17, 15) is 4.79 Å². The average molecular weight is 279 g/mol. The zero-order valence-corrected chi connectivity index (χ0v) is 11.7. The van der Waals surface area contributed by atoms with Crippen LogP contribution in [0.4, 0.5) is 0 Å². The summed E-state index contributed by atoms with van der Waals surface area (Å²) in [4.78, 5) is 11.7. The van der Waals surface area contributed by atoms with Crippen molar-refractivity contribution in [3.05, 3.63) is 23.8 Å². The summed E-state index contributed by atoms with van der Waals surface area (Å²) in [6.45, 7) is 3.05. The van der Waals surface area contributed by atoms with Gasteiger partial charge in [-0.25, -0.2) is 0 Å². The molecular formula is C15H21NO4. The summed E-state index contributed by atoms with van der Waals surface area (Å²) >= 11 is 0. The van der Waals surface area contributed by atoms with Crippen molar-refractivity contribution < 1.29 is 19.4 Å². The summed E-state index contributed by atoms with van der Waals surface area (Å²) in [5.41, 5.74) is 1.06. The first-order valence-electron chi connectivity index (χ1n) is 6.95. The van der Waals surface area contributed by atoms with Gasteiger partial charge in [0.05, 0.1) is 0 Å². The lowest BCUT2D eigenvalue weighted by atomic mass is 10.1. The molecule has 0 spiro atoms. The molecule has 1 amide bonds. The van der Waals surface area contributed by atoms with Crippen LogP contribution in [-0.4, -0.2) is 31.0 Å². The van der Waals surface area contributed by atoms with E-state index in [1.54, 1.807) is 0 Å². The van der Waals surface area contributed by atoms with Gasteiger partial charge < -0.3 is 19.9 Å². The van der Waals surface area contributed by atoms with Gasteiger partial charge in [-0.3, -0.25) is 4.79 Å². The molecule has 20 heavy (non-hydrogen) atoms. The van der Waals surface area contributed by atoms with E-state index in [0.29, 0.717) is 31.7 Å². The monoisotopic (exact) mass is 279 g/mol. The van der Waals surface area contributed by atoms with Crippen LogP contribution in [0.3, 0.4) is 0 Å². The Balaban J connectivity index is 1.73. The van der Waals surface area contributed by atoms with Crippen LogP contribution in [0.15, 0.2) is 18.2 Å². The largest absolute Gasteiger partial charge is 0.454 e. The van der Waals surface area contributed by atoms with Crippen molar-refractivity contribution in [3.8, 4) is 11.5 Å². The Morgan fingerprint density at radius 1 is 1.40 bits per heavy atom. The number of fused-ring (bicyclic) bond motifs is 1. The molecule has 0 saturated carbocycles. The Labute approximate surface area is 118 Å². The number of hydrogen-bond acceptors (Lipinski definition) is 4. The Kier molecular flexibility index (Phi) is 5.24. The van der Waals surface area contributed by atoms with Crippen molar-refractivity contribution in [1.29, 1.82) is 0 Å². The molecule has 5 nitrogen and oxygen atoms in total. The molecule has 0 fully saturated rings. The third-order valence-corrected chi connectivity index (χ3v) is 3.35. The number of rotatable bonds is 7. The maximum Gasteiger partial charge on any atom is 0.231 e. The van der Waals surface area contributed by atoms with Gasteiger partial charge in [0.15, 0.2) is 11.5 Å². The van der Waals surface area contributed by atoms with E-state index in [1.165, 1.54) is 0 Å². The van der Waals surface area contributed by atoms with Gasteiger partial charge in [-0.1, -0.05) is 13.0 Å². The van der Waals surface area contributed by atoms with Crippen molar-refractivity contribution >= 4 is 5.91 Å². The van der Waals surface area contributed by atoms with Crippen LogP contribution >= 0.6 is 0 Å². The van der Waals surface area contributed by atoms with Crippen LogP contribution in [0, 0.1) is 5.92 Å². The molecule has 0 aliphatic carbocycles. The van der Waals surface area contributed by atoms with Gasteiger partial charge in [0.1, 0.15) is 0 Å². The summed E-state index contributed by atoms with van der Waals surface area (Å²) < 4.78 is 10.6. The molecule has 1 aliphatic rings. The minimum Gasteiger partial charge on any atom is -0.454 e. The summed E-state index contributed by atoms with van der Waals surface area (Å²) in [7, 11) is 0. The number of ether oxygens (including phenoxy) is 2. The number of carbonyl (C=O) groups excluding carboxylic acids is 1. The maximum atomic E-state index is 11.7. The predicted octanol–water partition coefficient (Wildman–Crippen LogP) is 1.48. The van der Waals surface area contributed by atoms with Gasteiger partial charge in [0.25, 0.3) is 0 Å². The Bertz CT molecular complexity index is 461. The standard InChI is InChI=1S/C15H21NO4/c1-11(6-7-17)9-16-15(18)5-3-12-2-4-13-14(8-12)20-10-19-13/h2,4,8,11,17H,3,5-7,9-10H2,1H3,(H,16,18). The van der Waals surface area contributed by atoms with Crippen LogP contribution in [0.2, 0.25) is 0 Å². The number of aliphatic hydroxyl groups is 1. The number of hydrogen-bond donors (Lipinski definition) is 2. The molecule has 2 N–H and O–H groups in total. The van der Waals surface area contributed by atoms with Gasteiger partial charge in [-0.05, 0) is 36.5 Å². The molecule has 0 aromatic heterocycles. The van der Waals surface area contributed by atoms with Crippen molar-refractivity contribution in [3.63, 3.8) is 0 Å². The molecule has 5 heteroatoms. The number of benzene rings is 1. The second-order valence-electron chi connectivity index (χ2n) is 5.11. The number of amides is 1. The quantitative estimate of drug-likeness (QED) is 0.793. The smallest absolute Gasteiger partial charge is 0.231 e. The second kappa shape index (κ2) is 7.14. The van der Waals surface area contributed by atoms with Gasteiger partial charge in [0, 0.05) is 19.6 Å². The lowest BCUT2D eigenvalue weighted by Crippen LogP contribution is -2.28. The highest BCUT2D eigenvalue weighted by Gasteiger charge is 2.13. The molecule has 0 saturated heterocycles. The topological polar surface area (TPSA) is 67.8 Å². The molecule has 1 aliphatic heterocycles. The van der Waals surface area contributed by atoms with E-state index in [1.807, 2.05) is 25.1 Å². The summed E-state index contributed by atoms with van der Waals surface area (Å²) in [5.74, 6) is 1.84. The number of aliphatic hydroxyl groups excluding tert-OH is 1. The third-order valence-electron chi connectivity index (χ3n) is 3.35. The second-order valence-corrected chi connectivity index (χ2v) is 5.11. The fourth-order valence-electron chi connectivity index (χ4n) is 2.05. The van der Waals surface area contributed by atoms with Crippen LogP contribution in [-0.2, 0) is 11.2 Å². The van der Waals surface area contributed by atoms with E-state index in [-0.39, 0.29) is 19.3 Å². The molecule has 1 atom stereocenters. The zero-order chi connectivity index (χ0) is 14.4. The first-order chi connectivity index (χ1) is 9.69. The zero-order valence-electron chi connectivity index (χ0n) is 11.7. The van der Waals surface area contributed by atoms with Crippen LogP contribution < -0.4 is 14.8 Å². The van der Waals surface area contributed by atoms with E-state index in [2.05, 4.69) is 5.32 Å².